The zero-order chi connectivity index (χ0) is 9.28. The van der Waals surface area contributed by atoms with Crippen LogP contribution in [0.2, 0.25) is 0 Å². The lowest BCUT2D eigenvalue weighted by Crippen LogP contribution is -2.29. The Kier molecular flexibility index (Phi) is 12.3. The van der Waals surface area contributed by atoms with E-state index in [-0.39, 0.29) is 0 Å². The van der Waals surface area contributed by atoms with E-state index < -0.39 is 0 Å². The highest BCUT2D eigenvalue weighted by Crippen LogP contribution is 1.94. The Morgan fingerprint density at radius 1 is 0.909 bits per heavy atom. The van der Waals surface area contributed by atoms with Crippen LogP contribution in [0.1, 0.15) is 48.0 Å². The van der Waals surface area contributed by atoms with E-state index in [1.807, 2.05) is 0 Å². The van der Waals surface area contributed by atoms with Crippen molar-refractivity contribution in [1.82, 2.24) is 4.90 Å². The van der Waals surface area contributed by atoms with Crippen molar-refractivity contribution < 1.29 is 0 Å². The van der Waals surface area contributed by atoms with Gasteiger partial charge in [0.25, 0.3) is 0 Å². The Labute approximate surface area is 72.8 Å². The monoisotopic (exact) mass is 159 g/mol. The van der Waals surface area contributed by atoms with E-state index in [1.165, 1.54) is 19.5 Å². The van der Waals surface area contributed by atoms with Gasteiger partial charge >= 0.3 is 0 Å². The van der Waals surface area contributed by atoms with Gasteiger partial charge in [-0.1, -0.05) is 34.1 Å². The predicted octanol–water partition coefficient (Wildman–Crippen LogP) is 3.15. The first-order valence-electron chi connectivity index (χ1n) is 4.87. The molecule has 1 heteroatoms. The van der Waals surface area contributed by atoms with Crippen LogP contribution in [0, 0.1) is 0 Å². The van der Waals surface area contributed by atoms with E-state index >= 15 is 0 Å². The molecule has 0 aromatic rings. The number of rotatable bonds is 3. The smallest absolute Gasteiger partial charge is 0.00383 e. The van der Waals surface area contributed by atoms with Gasteiger partial charge in [0.1, 0.15) is 0 Å². The summed E-state index contributed by atoms with van der Waals surface area (Å²) in [5.74, 6) is 0. The average molecular weight is 159 g/mol. The van der Waals surface area contributed by atoms with Crippen LogP contribution in [0.3, 0.4) is 0 Å². The lowest BCUT2D eigenvalue weighted by atomic mass is 10.3. The molecule has 0 atom stereocenters. The van der Waals surface area contributed by atoms with Crippen LogP contribution in [0.5, 0.6) is 0 Å². The van der Waals surface area contributed by atoms with Gasteiger partial charge in [-0.25, -0.2) is 0 Å². The number of hydrogen-bond acceptors (Lipinski definition) is 1. The molecular weight excluding hydrogens is 134 g/mol. The first-order chi connectivity index (χ1) is 5.13. The average Bonchev–Trinajstić information content (AvgIpc) is 1.91. The van der Waals surface area contributed by atoms with Gasteiger partial charge in [-0.2, -0.15) is 0 Å². The minimum absolute atomic E-state index is 0.713. The molecule has 0 radical (unpaired) electrons. The molecule has 70 valence electrons. The van der Waals surface area contributed by atoms with Crippen molar-refractivity contribution in [3.63, 3.8) is 0 Å². The summed E-state index contributed by atoms with van der Waals surface area (Å²) >= 11 is 0. The summed E-state index contributed by atoms with van der Waals surface area (Å²) in [4.78, 5) is 2.42. The molecule has 0 unspecified atom stereocenters. The Balaban J connectivity index is 0. The Bertz CT molecular complexity index is 55.9. The zero-order valence-electron chi connectivity index (χ0n) is 9.15. The third-order valence-corrected chi connectivity index (χ3v) is 1.54. The first kappa shape index (κ1) is 13.5. The molecule has 0 N–H and O–H groups in total. The van der Waals surface area contributed by atoms with E-state index in [0.717, 1.165) is 0 Å². The van der Waals surface area contributed by atoms with Crippen LogP contribution in [0.25, 0.3) is 0 Å². The van der Waals surface area contributed by atoms with Gasteiger partial charge in [0.15, 0.2) is 0 Å². The summed E-state index contributed by atoms with van der Waals surface area (Å²) < 4.78 is 0. The molecule has 0 spiro atoms. The lowest BCUT2D eigenvalue weighted by Gasteiger charge is -2.21. The Hall–Kier alpha value is -0.0400. The molecule has 1 nitrogen and oxygen atoms in total. The minimum atomic E-state index is 0.713. The third-order valence-electron chi connectivity index (χ3n) is 1.54. The second-order valence-corrected chi connectivity index (χ2v) is 3.02. The fourth-order valence-electron chi connectivity index (χ4n) is 0.954. The first-order valence-corrected chi connectivity index (χ1v) is 4.87. The van der Waals surface area contributed by atoms with Crippen LogP contribution < -0.4 is 0 Å². The molecule has 0 saturated heterocycles. The molecule has 0 aliphatic rings. The summed E-state index contributed by atoms with van der Waals surface area (Å²) in [5.41, 5.74) is 0. The summed E-state index contributed by atoms with van der Waals surface area (Å²) in [6.07, 6.45) is 1.25. The quantitative estimate of drug-likeness (QED) is 0.611. The molecule has 0 rings (SSSR count). The molecule has 0 bridgehead atoms. The van der Waals surface area contributed by atoms with Crippen molar-refractivity contribution in [2.45, 2.75) is 54.0 Å². The number of nitrogens with zero attached hydrogens (tertiary/aromatic N) is 1. The SMILES string of the molecule is CCC.CCN(CC)C(C)C. The maximum absolute atomic E-state index is 2.42. The summed E-state index contributed by atoms with van der Waals surface area (Å²) in [6.45, 7) is 15.5. The van der Waals surface area contributed by atoms with Crippen LogP contribution in [-0.4, -0.2) is 24.0 Å². The molecule has 0 fully saturated rings. The second kappa shape index (κ2) is 9.96. The van der Waals surface area contributed by atoms with Crippen molar-refractivity contribution >= 4 is 0 Å². The Morgan fingerprint density at radius 2 is 1.18 bits per heavy atom. The highest BCUT2D eigenvalue weighted by atomic mass is 15.1. The topological polar surface area (TPSA) is 3.24 Å². The van der Waals surface area contributed by atoms with Gasteiger partial charge in [-0.05, 0) is 26.9 Å². The van der Waals surface area contributed by atoms with E-state index in [1.54, 1.807) is 0 Å². The van der Waals surface area contributed by atoms with Gasteiger partial charge in [-0.3, -0.25) is 0 Å². The van der Waals surface area contributed by atoms with E-state index in [2.05, 4.69) is 46.4 Å². The second-order valence-electron chi connectivity index (χ2n) is 3.02. The summed E-state index contributed by atoms with van der Waals surface area (Å²) in [6, 6.07) is 0.713. The highest BCUT2D eigenvalue weighted by molar-refractivity contribution is 4.56. The largest absolute Gasteiger partial charge is 0.301 e. The van der Waals surface area contributed by atoms with Gasteiger partial charge < -0.3 is 4.90 Å². The Morgan fingerprint density at radius 3 is 1.18 bits per heavy atom. The fraction of sp³-hybridized carbons (Fsp3) is 1.00. The molecular formula is C10H25N. The molecule has 11 heavy (non-hydrogen) atoms. The standard InChI is InChI=1S/C7H17N.C3H8/c1-5-8(6-2)7(3)4;1-3-2/h7H,5-6H2,1-4H3;3H2,1-2H3. The lowest BCUT2D eigenvalue weighted by molar-refractivity contribution is 0.246. The third kappa shape index (κ3) is 9.96. The van der Waals surface area contributed by atoms with Gasteiger partial charge in [0.2, 0.25) is 0 Å². The molecule has 0 aromatic carbocycles. The van der Waals surface area contributed by atoms with E-state index in [4.69, 9.17) is 0 Å². The molecule has 0 heterocycles. The molecule has 0 aliphatic heterocycles. The minimum Gasteiger partial charge on any atom is -0.301 e. The van der Waals surface area contributed by atoms with Crippen LogP contribution in [0.15, 0.2) is 0 Å². The molecule has 0 amide bonds. The van der Waals surface area contributed by atoms with Gasteiger partial charge in [0.05, 0.1) is 0 Å². The van der Waals surface area contributed by atoms with Crippen molar-refractivity contribution in [2.24, 2.45) is 0 Å². The van der Waals surface area contributed by atoms with Gasteiger partial charge in [0, 0.05) is 6.04 Å². The maximum Gasteiger partial charge on any atom is 0.00383 e. The fourth-order valence-corrected chi connectivity index (χ4v) is 0.954. The zero-order valence-corrected chi connectivity index (χ0v) is 9.15. The maximum atomic E-state index is 2.42. The van der Waals surface area contributed by atoms with E-state index in [0.29, 0.717) is 6.04 Å². The van der Waals surface area contributed by atoms with Crippen molar-refractivity contribution in [3.8, 4) is 0 Å². The summed E-state index contributed by atoms with van der Waals surface area (Å²) in [5, 5.41) is 0. The van der Waals surface area contributed by atoms with Crippen LogP contribution in [0.4, 0.5) is 0 Å². The van der Waals surface area contributed by atoms with Crippen molar-refractivity contribution in [2.75, 3.05) is 13.1 Å². The summed E-state index contributed by atoms with van der Waals surface area (Å²) in [7, 11) is 0. The van der Waals surface area contributed by atoms with Crippen LogP contribution >= 0.6 is 0 Å². The number of hydrogen-bond donors (Lipinski definition) is 0. The van der Waals surface area contributed by atoms with E-state index in [9.17, 15) is 0 Å². The van der Waals surface area contributed by atoms with Crippen molar-refractivity contribution in [1.29, 1.82) is 0 Å². The molecule has 0 aromatic heterocycles. The van der Waals surface area contributed by atoms with Gasteiger partial charge in [-0.15, -0.1) is 0 Å². The van der Waals surface area contributed by atoms with Crippen LogP contribution in [-0.2, 0) is 0 Å². The molecule has 0 saturated carbocycles. The highest BCUT2D eigenvalue weighted by Gasteiger charge is 2.00. The normalized spacial score (nSPS) is 9.82. The van der Waals surface area contributed by atoms with Crippen molar-refractivity contribution in [3.05, 3.63) is 0 Å². The predicted molar refractivity (Wildman–Crippen MR) is 54.0 cm³/mol. The molecule has 0 aliphatic carbocycles.